The number of aliphatic hydroxyl groups is 1. The van der Waals surface area contributed by atoms with Gasteiger partial charge in [0.05, 0.1) is 37.4 Å². The van der Waals surface area contributed by atoms with Crippen LogP contribution in [0.4, 0.5) is 0 Å². The molecule has 3 aliphatic carbocycles. The molecule has 0 radical (unpaired) electrons. The summed E-state index contributed by atoms with van der Waals surface area (Å²) in [7, 11) is 0. The summed E-state index contributed by atoms with van der Waals surface area (Å²) in [6.45, 7) is 4.74. The topological polar surface area (TPSA) is 68.3 Å². The van der Waals surface area contributed by atoms with Crippen LogP contribution >= 0.6 is 0 Å². The highest BCUT2D eigenvalue weighted by Crippen LogP contribution is 2.40. The molecule has 24 heavy (non-hydrogen) atoms. The van der Waals surface area contributed by atoms with Gasteiger partial charge in [-0.25, -0.2) is 0 Å². The third-order valence-electron chi connectivity index (χ3n) is 5.84. The first-order valence-electron chi connectivity index (χ1n) is 9.14. The molecule has 1 N–H and O–H groups in total. The second-order valence-electron chi connectivity index (χ2n) is 7.70. The van der Waals surface area contributed by atoms with E-state index in [4.69, 9.17) is 14.2 Å². The summed E-state index contributed by atoms with van der Waals surface area (Å²) in [4.78, 5) is 12.4. The van der Waals surface area contributed by atoms with Gasteiger partial charge in [-0.3, -0.25) is 4.79 Å². The number of epoxide rings is 1. The molecule has 0 aromatic rings. The number of carbonyl (C=O) groups is 1. The Morgan fingerprint density at radius 1 is 1.21 bits per heavy atom. The second kappa shape index (κ2) is 6.52. The van der Waals surface area contributed by atoms with Gasteiger partial charge in [0, 0.05) is 11.5 Å². The normalized spacial score (nSPS) is 40.4. The lowest BCUT2D eigenvalue weighted by molar-refractivity contribution is -0.153. The molecular formula is C19H26O5. The molecule has 1 heterocycles. The van der Waals surface area contributed by atoms with E-state index in [9.17, 15) is 9.90 Å². The van der Waals surface area contributed by atoms with Gasteiger partial charge in [0.2, 0.25) is 0 Å². The van der Waals surface area contributed by atoms with E-state index in [0.717, 1.165) is 30.6 Å². The lowest BCUT2D eigenvalue weighted by Gasteiger charge is -2.32. The Bertz CT molecular complexity index is 554. The minimum Gasteiger partial charge on any atom is -0.493 e. The van der Waals surface area contributed by atoms with Gasteiger partial charge < -0.3 is 19.3 Å². The number of fused-ring (bicyclic) bond motifs is 1. The summed E-state index contributed by atoms with van der Waals surface area (Å²) in [5.74, 6) is 1.03. The molecule has 6 atom stereocenters. The summed E-state index contributed by atoms with van der Waals surface area (Å²) < 4.78 is 16.7. The number of aliphatic hydroxyl groups excluding tert-OH is 1. The van der Waals surface area contributed by atoms with Crippen molar-refractivity contribution in [3.8, 4) is 0 Å². The highest BCUT2D eigenvalue weighted by Gasteiger charge is 2.44. The highest BCUT2D eigenvalue weighted by atomic mass is 16.6. The molecule has 132 valence electrons. The molecule has 1 aliphatic heterocycles. The highest BCUT2D eigenvalue weighted by molar-refractivity contribution is 5.72. The van der Waals surface area contributed by atoms with Gasteiger partial charge in [-0.05, 0) is 50.5 Å². The van der Waals surface area contributed by atoms with Gasteiger partial charge in [0.1, 0.15) is 5.76 Å². The molecule has 5 nitrogen and oxygen atoms in total. The molecular weight excluding hydrogens is 308 g/mol. The molecule has 4 aliphatic rings. The van der Waals surface area contributed by atoms with Crippen LogP contribution in [0.5, 0.6) is 0 Å². The van der Waals surface area contributed by atoms with Crippen molar-refractivity contribution >= 4 is 5.97 Å². The average molecular weight is 334 g/mol. The van der Waals surface area contributed by atoms with Crippen molar-refractivity contribution in [1.82, 2.24) is 0 Å². The number of esters is 1. The summed E-state index contributed by atoms with van der Waals surface area (Å²) in [6, 6.07) is 0. The summed E-state index contributed by atoms with van der Waals surface area (Å²) >= 11 is 0. The van der Waals surface area contributed by atoms with Gasteiger partial charge in [-0.2, -0.15) is 0 Å². The van der Waals surface area contributed by atoms with E-state index in [-0.39, 0.29) is 17.8 Å². The fourth-order valence-corrected chi connectivity index (χ4v) is 4.05. The maximum absolute atomic E-state index is 12.4. The Balaban J connectivity index is 1.21. The Labute approximate surface area is 142 Å². The van der Waals surface area contributed by atoms with Gasteiger partial charge >= 0.3 is 5.97 Å². The van der Waals surface area contributed by atoms with Crippen molar-refractivity contribution in [2.24, 2.45) is 17.8 Å². The summed E-state index contributed by atoms with van der Waals surface area (Å²) in [6.07, 6.45) is 7.56. The van der Waals surface area contributed by atoms with E-state index in [0.29, 0.717) is 50.6 Å². The number of hydrogen-bond donors (Lipinski definition) is 1. The van der Waals surface area contributed by atoms with Gasteiger partial charge in [0.15, 0.2) is 0 Å². The van der Waals surface area contributed by atoms with Crippen molar-refractivity contribution in [3.63, 3.8) is 0 Å². The van der Waals surface area contributed by atoms with Crippen LogP contribution in [0, 0.1) is 17.8 Å². The van der Waals surface area contributed by atoms with Gasteiger partial charge in [-0.15, -0.1) is 0 Å². The van der Waals surface area contributed by atoms with E-state index < -0.39 is 6.10 Å². The first kappa shape index (κ1) is 16.2. The molecule has 3 fully saturated rings. The molecule has 5 heteroatoms. The molecule has 0 aromatic carbocycles. The number of allylic oxidation sites excluding steroid dienone is 2. The molecule has 0 spiro atoms. The van der Waals surface area contributed by atoms with Crippen LogP contribution in [0.25, 0.3) is 0 Å². The predicted octanol–water partition coefficient (Wildman–Crippen LogP) is 2.34. The number of rotatable bonds is 6. The summed E-state index contributed by atoms with van der Waals surface area (Å²) in [5, 5.41) is 10.1. The van der Waals surface area contributed by atoms with Gasteiger partial charge in [0.25, 0.3) is 0 Å². The number of hydrogen-bond acceptors (Lipinski definition) is 5. The average Bonchev–Trinajstić information content (AvgIpc) is 3.48. The van der Waals surface area contributed by atoms with Crippen molar-refractivity contribution in [2.45, 2.75) is 56.8 Å². The SMILES string of the molecule is C=C1C=C1OCC1CC(C(=O)OCC2CCC3OC3C2)CCC1O. The fourth-order valence-electron chi connectivity index (χ4n) is 4.05. The summed E-state index contributed by atoms with van der Waals surface area (Å²) in [5.41, 5.74) is 0.922. The minimum absolute atomic E-state index is 0.0131. The van der Waals surface area contributed by atoms with Crippen LogP contribution in [0.2, 0.25) is 0 Å². The van der Waals surface area contributed by atoms with Crippen molar-refractivity contribution in [2.75, 3.05) is 13.2 Å². The van der Waals surface area contributed by atoms with E-state index in [2.05, 4.69) is 6.58 Å². The first-order valence-corrected chi connectivity index (χ1v) is 9.14. The molecule has 1 saturated heterocycles. The number of ether oxygens (including phenoxy) is 3. The van der Waals surface area contributed by atoms with Crippen LogP contribution in [0.15, 0.2) is 24.0 Å². The van der Waals surface area contributed by atoms with Gasteiger partial charge in [-0.1, -0.05) is 6.58 Å². The van der Waals surface area contributed by atoms with E-state index in [1.807, 2.05) is 6.08 Å². The monoisotopic (exact) mass is 334 g/mol. The van der Waals surface area contributed by atoms with Crippen LogP contribution in [0.3, 0.4) is 0 Å². The molecule has 6 unspecified atom stereocenters. The Hall–Kier alpha value is -1.33. The van der Waals surface area contributed by atoms with Crippen LogP contribution in [0.1, 0.15) is 38.5 Å². The van der Waals surface area contributed by atoms with Crippen LogP contribution in [-0.4, -0.2) is 42.6 Å². The van der Waals surface area contributed by atoms with E-state index in [1.54, 1.807) is 0 Å². The second-order valence-corrected chi connectivity index (χ2v) is 7.70. The maximum atomic E-state index is 12.4. The lowest BCUT2D eigenvalue weighted by Crippen LogP contribution is -2.36. The zero-order valence-electron chi connectivity index (χ0n) is 14.0. The smallest absolute Gasteiger partial charge is 0.308 e. The lowest BCUT2D eigenvalue weighted by atomic mass is 9.80. The molecule has 2 saturated carbocycles. The van der Waals surface area contributed by atoms with E-state index >= 15 is 0 Å². The number of carbonyl (C=O) groups excluding carboxylic acids is 1. The van der Waals surface area contributed by atoms with Crippen molar-refractivity contribution in [3.05, 3.63) is 24.0 Å². The minimum atomic E-state index is -0.399. The Morgan fingerprint density at radius 2 is 2.04 bits per heavy atom. The third kappa shape index (κ3) is 3.67. The third-order valence-corrected chi connectivity index (χ3v) is 5.84. The predicted molar refractivity (Wildman–Crippen MR) is 87.0 cm³/mol. The first-order chi connectivity index (χ1) is 11.6. The fraction of sp³-hybridized carbons (Fsp3) is 0.737. The molecule has 0 amide bonds. The Morgan fingerprint density at radius 3 is 2.79 bits per heavy atom. The largest absolute Gasteiger partial charge is 0.493 e. The molecule has 0 aromatic heterocycles. The van der Waals surface area contributed by atoms with Crippen molar-refractivity contribution < 1.29 is 24.1 Å². The standard InChI is InChI=1S/C19H26O5/c1-11-6-17(11)22-10-14-8-13(3-4-15(14)20)19(21)23-9-12-2-5-16-18(7-12)24-16/h6,12-16,18,20H,1-5,7-10H2. The van der Waals surface area contributed by atoms with E-state index in [1.165, 1.54) is 0 Å². The Kier molecular flexibility index (Phi) is 4.39. The van der Waals surface area contributed by atoms with Crippen LogP contribution < -0.4 is 0 Å². The molecule has 0 bridgehead atoms. The molecule has 4 rings (SSSR count). The quantitative estimate of drug-likeness (QED) is 0.596. The maximum Gasteiger partial charge on any atom is 0.308 e. The zero-order valence-corrected chi connectivity index (χ0v) is 14.0. The van der Waals surface area contributed by atoms with Crippen LogP contribution in [-0.2, 0) is 19.0 Å². The zero-order chi connectivity index (χ0) is 16.7. The van der Waals surface area contributed by atoms with Crippen molar-refractivity contribution in [1.29, 1.82) is 0 Å².